The van der Waals surface area contributed by atoms with Crippen molar-refractivity contribution in [2.45, 2.75) is 39.5 Å². The number of ether oxygens (including phenoxy) is 1. The summed E-state index contributed by atoms with van der Waals surface area (Å²) in [5, 5.41) is 3.47. The number of aryl methyl sites for hydroxylation is 1. The lowest BCUT2D eigenvalue weighted by Gasteiger charge is -2.26. The van der Waals surface area contributed by atoms with Gasteiger partial charge in [-0.25, -0.2) is 0 Å². The number of benzene rings is 1. The van der Waals surface area contributed by atoms with Gasteiger partial charge >= 0.3 is 0 Å². The van der Waals surface area contributed by atoms with Crippen LogP contribution in [0.25, 0.3) is 0 Å². The van der Waals surface area contributed by atoms with Gasteiger partial charge in [0.2, 0.25) is 0 Å². The zero-order chi connectivity index (χ0) is 14.3. The van der Waals surface area contributed by atoms with Gasteiger partial charge in [0.15, 0.2) is 0 Å². The van der Waals surface area contributed by atoms with Gasteiger partial charge in [0, 0.05) is 12.0 Å². The number of nitrogens with two attached hydrogens (primary N) is 1. The second-order valence-corrected chi connectivity index (χ2v) is 5.62. The molecule has 19 heavy (non-hydrogen) atoms. The Kier molecular flexibility index (Phi) is 6.32. The van der Waals surface area contributed by atoms with Crippen molar-refractivity contribution in [3.8, 4) is 5.75 Å². The quantitative estimate of drug-likeness (QED) is 0.710. The zero-order valence-corrected chi connectivity index (χ0v) is 12.8. The van der Waals surface area contributed by atoms with Crippen LogP contribution in [-0.4, -0.2) is 26.2 Å². The van der Waals surface area contributed by atoms with Gasteiger partial charge in [0.25, 0.3) is 0 Å². The molecule has 3 heteroatoms. The van der Waals surface area contributed by atoms with E-state index >= 15 is 0 Å². The van der Waals surface area contributed by atoms with Crippen molar-refractivity contribution in [3.05, 3.63) is 29.3 Å². The normalized spacial score (nSPS) is 11.6. The van der Waals surface area contributed by atoms with Crippen molar-refractivity contribution in [2.24, 2.45) is 5.73 Å². The summed E-state index contributed by atoms with van der Waals surface area (Å²) in [7, 11) is 0. The van der Waals surface area contributed by atoms with E-state index in [1.54, 1.807) is 0 Å². The van der Waals surface area contributed by atoms with Crippen LogP contribution in [0.3, 0.4) is 0 Å². The molecule has 0 unspecified atom stereocenters. The fourth-order valence-corrected chi connectivity index (χ4v) is 2.12. The van der Waals surface area contributed by atoms with E-state index in [0.717, 1.165) is 31.8 Å². The molecule has 0 bridgehead atoms. The molecule has 1 rings (SSSR count). The predicted octanol–water partition coefficient (Wildman–Crippen LogP) is 2.61. The highest BCUT2D eigenvalue weighted by Gasteiger charge is 2.20. The molecule has 108 valence electrons. The second kappa shape index (κ2) is 7.51. The average molecular weight is 264 g/mol. The second-order valence-electron chi connectivity index (χ2n) is 5.62. The molecular formula is C16H28N2O. The van der Waals surface area contributed by atoms with Crippen LogP contribution >= 0.6 is 0 Å². The molecule has 0 spiro atoms. The van der Waals surface area contributed by atoms with E-state index < -0.39 is 0 Å². The highest BCUT2D eigenvalue weighted by atomic mass is 16.5. The highest BCUT2D eigenvalue weighted by Crippen LogP contribution is 2.27. The van der Waals surface area contributed by atoms with E-state index in [1.165, 1.54) is 11.1 Å². The Labute approximate surface area is 117 Å². The lowest BCUT2D eigenvalue weighted by molar-refractivity contribution is 0.337. The number of hydrogen-bond acceptors (Lipinski definition) is 3. The van der Waals surface area contributed by atoms with Crippen LogP contribution in [0.5, 0.6) is 5.75 Å². The molecule has 3 nitrogen and oxygen atoms in total. The molecule has 0 amide bonds. The van der Waals surface area contributed by atoms with Crippen molar-refractivity contribution in [2.75, 3.05) is 26.2 Å². The molecule has 0 aliphatic rings. The van der Waals surface area contributed by atoms with Gasteiger partial charge in [-0.3, -0.25) is 0 Å². The van der Waals surface area contributed by atoms with Crippen LogP contribution in [0.2, 0.25) is 0 Å². The first-order valence-corrected chi connectivity index (χ1v) is 7.16. The summed E-state index contributed by atoms with van der Waals surface area (Å²) in [5.74, 6) is 0.984. The SMILES string of the molecule is CCOc1ccc(C(C)(C)CNCCCN)cc1C. The zero-order valence-electron chi connectivity index (χ0n) is 12.8. The summed E-state index contributed by atoms with van der Waals surface area (Å²) in [6.07, 6.45) is 1.03. The topological polar surface area (TPSA) is 47.3 Å². The lowest BCUT2D eigenvalue weighted by atomic mass is 9.83. The number of hydrogen-bond donors (Lipinski definition) is 2. The van der Waals surface area contributed by atoms with Crippen molar-refractivity contribution >= 4 is 0 Å². The maximum absolute atomic E-state index is 5.59. The molecular weight excluding hydrogens is 236 g/mol. The molecule has 0 aromatic heterocycles. The summed E-state index contributed by atoms with van der Waals surface area (Å²) in [6, 6.07) is 6.48. The van der Waals surface area contributed by atoms with Gasteiger partial charge in [-0.15, -0.1) is 0 Å². The first-order valence-electron chi connectivity index (χ1n) is 7.16. The van der Waals surface area contributed by atoms with E-state index in [0.29, 0.717) is 6.61 Å². The van der Waals surface area contributed by atoms with Gasteiger partial charge in [0.1, 0.15) is 5.75 Å². The smallest absolute Gasteiger partial charge is 0.122 e. The maximum atomic E-state index is 5.59. The molecule has 0 atom stereocenters. The Morgan fingerprint density at radius 1 is 1.32 bits per heavy atom. The minimum Gasteiger partial charge on any atom is -0.494 e. The third-order valence-electron chi connectivity index (χ3n) is 3.38. The third-order valence-corrected chi connectivity index (χ3v) is 3.38. The maximum Gasteiger partial charge on any atom is 0.122 e. The van der Waals surface area contributed by atoms with Crippen LogP contribution in [0.1, 0.15) is 38.3 Å². The number of rotatable bonds is 8. The van der Waals surface area contributed by atoms with Gasteiger partial charge in [-0.2, -0.15) is 0 Å². The molecule has 0 saturated carbocycles. The minimum absolute atomic E-state index is 0.115. The summed E-state index contributed by atoms with van der Waals surface area (Å²) in [4.78, 5) is 0. The monoisotopic (exact) mass is 264 g/mol. The van der Waals surface area contributed by atoms with E-state index in [-0.39, 0.29) is 5.41 Å². The average Bonchev–Trinajstić information content (AvgIpc) is 2.37. The summed E-state index contributed by atoms with van der Waals surface area (Å²) in [6.45, 7) is 12.0. The molecule has 3 N–H and O–H groups in total. The van der Waals surface area contributed by atoms with E-state index in [9.17, 15) is 0 Å². The molecule has 0 aliphatic heterocycles. The van der Waals surface area contributed by atoms with Gasteiger partial charge < -0.3 is 15.8 Å². The Morgan fingerprint density at radius 2 is 2.05 bits per heavy atom. The van der Waals surface area contributed by atoms with Gasteiger partial charge in [0.05, 0.1) is 6.61 Å². The Morgan fingerprint density at radius 3 is 2.63 bits per heavy atom. The first kappa shape index (κ1) is 16.0. The molecule has 0 fully saturated rings. The summed E-state index contributed by atoms with van der Waals surface area (Å²) in [5.41, 5.74) is 8.16. The standard InChI is InChI=1S/C16H28N2O/c1-5-19-15-8-7-14(11-13(15)2)16(3,4)12-18-10-6-9-17/h7-8,11,18H,5-6,9-10,12,17H2,1-4H3. The molecule has 1 aromatic carbocycles. The van der Waals surface area contributed by atoms with Crippen molar-refractivity contribution in [1.29, 1.82) is 0 Å². The molecule has 0 radical (unpaired) electrons. The molecule has 0 aliphatic carbocycles. The summed E-state index contributed by atoms with van der Waals surface area (Å²) < 4.78 is 5.59. The van der Waals surface area contributed by atoms with Gasteiger partial charge in [-0.05, 0) is 50.6 Å². The van der Waals surface area contributed by atoms with E-state index in [4.69, 9.17) is 10.5 Å². The highest BCUT2D eigenvalue weighted by molar-refractivity contribution is 5.39. The Bertz CT molecular complexity index is 388. The van der Waals surface area contributed by atoms with Crippen LogP contribution < -0.4 is 15.8 Å². The fourth-order valence-electron chi connectivity index (χ4n) is 2.12. The molecule has 0 saturated heterocycles. The van der Waals surface area contributed by atoms with Crippen LogP contribution in [0, 0.1) is 6.92 Å². The summed E-state index contributed by atoms with van der Waals surface area (Å²) >= 11 is 0. The van der Waals surface area contributed by atoms with E-state index in [1.807, 2.05) is 6.92 Å². The minimum atomic E-state index is 0.115. The third kappa shape index (κ3) is 4.84. The predicted molar refractivity (Wildman–Crippen MR) is 81.9 cm³/mol. The van der Waals surface area contributed by atoms with Crippen LogP contribution in [0.4, 0.5) is 0 Å². The molecule has 0 heterocycles. The number of nitrogens with one attached hydrogen (secondary N) is 1. The largest absolute Gasteiger partial charge is 0.494 e. The van der Waals surface area contributed by atoms with Crippen molar-refractivity contribution in [3.63, 3.8) is 0 Å². The van der Waals surface area contributed by atoms with E-state index in [2.05, 4.69) is 44.3 Å². The fraction of sp³-hybridized carbons (Fsp3) is 0.625. The lowest BCUT2D eigenvalue weighted by Crippen LogP contribution is -2.34. The van der Waals surface area contributed by atoms with Crippen molar-refractivity contribution in [1.82, 2.24) is 5.32 Å². The van der Waals surface area contributed by atoms with Gasteiger partial charge in [-0.1, -0.05) is 26.0 Å². The molecule has 1 aromatic rings. The van der Waals surface area contributed by atoms with Crippen LogP contribution in [-0.2, 0) is 5.41 Å². The first-order chi connectivity index (χ1) is 9.01. The Hall–Kier alpha value is -1.06. The van der Waals surface area contributed by atoms with Crippen molar-refractivity contribution < 1.29 is 4.74 Å². The van der Waals surface area contributed by atoms with Crippen LogP contribution in [0.15, 0.2) is 18.2 Å². The Balaban J connectivity index is 2.69.